The maximum atomic E-state index is 11.9. The number of hydrogen-bond donors (Lipinski definition) is 1. The second-order valence-corrected chi connectivity index (χ2v) is 3.60. The standard InChI is InChI=1S/C8H11F3N4/c9-8(10,11)4-12-3-7-14-13-5-15(7)6-1-2-6/h5-6,12H,1-4H2. The minimum absolute atomic E-state index is 0.107. The van der Waals surface area contributed by atoms with E-state index in [1.807, 2.05) is 4.57 Å². The van der Waals surface area contributed by atoms with Crippen LogP contribution in [-0.2, 0) is 6.54 Å². The molecule has 0 spiro atoms. The lowest BCUT2D eigenvalue weighted by atomic mass is 10.5. The van der Waals surface area contributed by atoms with E-state index in [0.717, 1.165) is 12.8 Å². The monoisotopic (exact) mass is 220 g/mol. The van der Waals surface area contributed by atoms with Crippen LogP contribution in [0.4, 0.5) is 13.2 Å². The second-order valence-electron chi connectivity index (χ2n) is 3.60. The number of rotatable bonds is 4. The van der Waals surface area contributed by atoms with E-state index in [1.165, 1.54) is 0 Å². The molecule has 0 bridgehead atoms. The molecule has 1 saturated carbocycles. The molecule has 0 amide bonds. The maximum Gasteiger partial charge on any atom is 0.401 e. The minimum Gasteiger partial charge on any atom is -0.313 e. The van der Waals surface area contributed by atoms with Gasteiger partial charge in [0.05, 0.1) is 13.1 Å². The van der Waals surface area contributed by atoms with Gasteiger partial charge < -0.3 is 9.88 Å². The van der Waals surface area contributed by atoms with Crippen molar-refractivity contribution in [3.8, 4) is 0 Å². The van der Waals surface area contributed by atoms with Crippen molar-refractivity contribution >= 4 is 0 Å². The van der Waals surface area contributed by atoms with Crippen LogP contribution in [-0.4, -0.2) is 27.5 Å². The fourth-order valence-electron chi connectivity index (χ4n) is 1.37. The normalized spacial score (nSPS) is 17.0. The number of alkyl halides is 3. The van der Waals surface area contributed by atoms with E-state index in [1.54, 1.807) is 6.33 Å². The third-order valence-electron chi connectivity index (χ3n) is 2.20. The van der Waals surface area contributed by atoms with Gasteiger partial charge in [0, 0.05) is 6.04 Å². The predicted molar refractivity (Wildman–Crippen MR) is 46.1 cm³/mol. The lowest BCUT2D eigenvalue weighted by Crippen LogP contribution is -2.29. The van der Waals surface area contributed by atoms with Crippen molar-refractivity contribution in [2.45, 2.75) is 31.6 Å². The fourth-order valence-corrected chi connectivity index (χ4v) is 1.37. The van der Waals surface area contributed by atoms with Gasteiger partial charge in [-0.15, -0.1) is 10.2 Å². The van der Waals surface area contributed by atoms with Crippen LogP contribution in [0.25, 0.3) is 0 Å². The molecule has 4 nitrogen and oxygen atoms in total. The van der Waals surface area contributed by atoms with E-state index < -0.39 is 12.7 Å². The first-order valence-electron chi connectivity index (χ1n) is 4.72. The van der Waals surface area contributed by atoms with Gasteiger partial charge in [-0.3, -0.25) is 0 Å². The number of nitrogens with one attached hydrogen (secondary N) is 1. The van der Waals surface area contributed by atoms with Crippen LogP contribution < -0.4 is 5.32 Å². The molecule has 0 aliphatic heterocycles. The first-order chi connectivity index (χ1) is 7.06. The molecule has 1 aromatic heterocycles. The Hall–Kier alpha value is -1.11. The number of halogens is 3. The van der Waals surface area contributed by atoms with Crippen LogP contribution in [0.2, 0.25) is 0 Å². The quantitative estimate of drug-likeness (QED) is 0.830. The van der Waals surface area contributed by atoms with E-state index in [9.17, 15) is 13.2 Å². The molecule has 1 fully saturated rings. The molecule has 1 aliphatic rings. The van der Waals surface area contributed by atoms with Crippen LogP contribution >= 0.6 is 0 Å². The molecule has 1 aliphatic carbocycles. The predicted octanol–water partition coefficient (Wildman–Crippen LogP) is 1.26. The van der Waals surface area contributed by atoms with Gasteiger partial charge in [0.15, 0.2) is 0 Å². The lowest BCUT2D eigenvalue weighted by molar-refractivity contribution is -0.125. The summed E-state index contributed by atoms with van der Waals surface area (Å²) in [5.41, 5.74) is 0. The minimum atomic E-state index is -4.18. The van der Waals surface area contributed by atoms with E-state index in [0.29, 0.717) is 11.9 Å². The summed E-state index contributed by atoms with van der Waals surface area (Å²) in [4.78, 5) is 0. The summed E-state index contributed by atoms with van der Waals surface area (Å²) < 4.78 is 37.4. The van der Waals surface area contributed by atoms with Gasteiger partial charge in [0.25, 0.3) is 0 Å². The van der Waals surface area contributed by atoms with Crippen molar-refractivity contribution in [2.24, 2.45) is 0 Å². The molecule has 7 heteroatoms. The van der Waals surface area contributed by atoms with E-state index in [2.05, 4.69) is 15.5 Å². The van der Waals surface area contributed by atoms with Gasteiger partial charge in [-0.2, -0.15) is 13.2 Å². The molecular formula is C8H11F3N4. The number of nitrogens with zero attached hydrogens (tertiary/aromatic N) is 3. The third-order valence-corrected chi connectivity index (χ3v) is 2.20. The zero-order valence-electron chi connectivity index (χ0n) is 7.96. The molecule has 0 atom stereocenters. The van der Waals surface area contributed by atoms with Crippen LogP contribution in [0, 0.1) is 0 Å². The van der Waals surface area contributed by atoms with Gasteiger partial charge in [-0.25, -0.2) is 0 Å². The van der Waals surface area contributed by atoms with Crippen molar-refractivity contribution in [2.75, 3.05) is 6.54 Å². The Morgan fingerprint density at radius 1 is 1.47 bits per heavy atom. The van der Waals surface area contributed by atoms with Crippen molar-refractivity contribution in [3.63, 3.8) is 0 Å². The zero-order chi connectivity index (χ0) is 10.9. The van der Waals surface area contributed by atoms with Gasteiger partial charge in [-0.1, -0.05) is 0 Å². The highest BCUT2D eigenvalue weighted by atomic mass is 19.4. The molecular weight excluding hydrogens is 209 g/mol. The smallest absolute Gasteiger partial charge is 0.313 e. The Labute approximate surface area is 84.5 Å². The third kappa shape index (κ3) is 2.92. The number of hydrogen-bond acceptors (Lipinski definition) is 3. The van der Waals surface area contributed by atoms with Crippen molar-refractivity contribution in [1.82, 2.24) is 20.1 Å². The molecule has 84 valence electrons. The van der Waals surface area contributed by atoms with Crippen LogP contribution in [0.15, 0.2) is 6.33 Å². The summed E-state index contributed by atoms with van der Waals surface area (Å²) in [7, 11) is 0. The largest absolute Gasteiger partial charge is 0.401 e. The summed E-state index contributed by atoms with van der Waals surface area (Å²) >= 11 is 0. The molecule has 0 aromatic carbocycles. The van der Waals surface area contributed by atoms with E-state index in [-0.39, 0.29) is 6.54 Å². The Kier molecular flexibility index (Phi) is 2.64. The summed E-state index contributed by atoms with van der Waals surface area (Å²) in [6.45, 7) is -0.888. The topological polar surface area (TPSA) is 42.7 Å². The fraction of sp³-hybridized carbons (Fsp3) is 0.750. The Bertz CT molecular complexity index is 329. The highest BCUT2D eigenvalue weighted by Gasteiger charge is 2.28. The molecule has 1 N–H and O–H groups in total. The first-order valence-corrected chi connectivity index (χ1v) is 4.72. The molecule has 1 heterocycles. The highest BCUT2D eigenvalue weighted by Crippen LogP contribution is 2.35. The zero-order valence-corrected chi connectivity index (χ0v) is 7.96. The molecule has 0 radical (unpaired) electrons. The van der Waals surface area contributed by atoms with Crippen molar-refractivity contribution < 1.29 is 13.2 Å². The molecule has 1 aromatic rings. The van der Waals surface area contributed by atoms with E-state index in [4.69, 9.17) is 0 Å². The summed E-state index contributed by atoms with van der Waals surface area (Å²) in [5.74, 6) is 0.571. The summed E-state index contributed by atoms with van der Waals surface area (Å²) in [6, 6.07) is 0.391. The van der Waals surface area contributed by atoms with Gasteiger partial charge in [-0.05, 0) is 12.8 Å². The van der Waals surface area contributed by atoms with Crippen LogP contribution in [0.3, 0.4) is 0 Å². The highest BCUT2D eigenvalue weighted by molar-refractivity contribution is 4.94. The summed E-state index contributed by atoms with van der Waals surface area (Å²) in [6.07, 6.45) is -0.485. The van der Waals surface area contributed by atoms with Crippen molar-refractivity contribution in [3.05, 3.63) is 12.2 Å². The Morgan fingerprint density at radius 2 is 2.20 bits per heavy atom. The molecule has 15 heavy (non-hydrogen) atoms. The average molecular weight is 220 g/mol. The van der Waals surface area contributed by atoms with Gasteiger partial charge in [0.2, 0.25) is 0 Å². The van der Waals surface area contributed by atoms with Crippen molar-refractivity contribution in [1.29, 1.82) is 0 Å². The Morgan fingerprint density at radius 3 is 2.80 bits per heavy atom. The Balaban J connectivity index is 1.85. The van der Waals surface area contributed by atoms with Gasteiger partial charge in [0.1, 0.15) is 12.2 Å². The first kappa shape index (κ1) is 10.4. The van der Waals surface area contributed by atoms with E-state index >= 15 is 0 Å². The van der Waals surface area contributed by atoms with Crippen LogP contribution in [0.5, 0.6) is 0 Å². The second kappa shape index (κ2) is 3.80. The average Bonchev–Trinajstić information content (AvgIpc) is 2.86. The van der Waals surface area contributed by atoms with Gasteiger partial charge >= 0.3 is 6.18 Å². The maximum absolute atomic E-state index is 11.9. The SMILES string of the molecule is FC(F)(F)CNCc1nncn1C1CC1. The number of aromatic nitrogens is 3. The van der Waals surface area contributed by atoms with Crippen LogP contribution in [0.1, 0.15) is 24.7 Å². The molecule has 0 unspecified atom stereocenters. The lowest BCUT2D eigenvalue weighted by Gasteiger charge is -2.08. The summed E-state index contributed by atoms with van der Waals surface area (Å²) in [5, 5.41) is 9.77. The molecule has 0 saturated heterocycles. The molecule has 2 rings (SSSR count).